The molecule has 1 saturated heterocycles. The maximum Gasteiger partial charge on any atom is 0.246 e. The van der Waals surface area contributed by atoms with Crippen molar-refractivity contribution in [1.82, 2.24) is 10.6 Å². The fourth-order valence-electron chi connectivity index (χ4n) is 2.54. The Morgan fingerprint density at radius 1 is 1.44 bits per heavy atom. The molecule has 0 aromatic rings. The van der Waals surface area contributed by atoms with Gasteiger partial charge in [-0.05, 0) is 19.8 Å². The van der Waals surface area contributed by atoms with Crippen molar-refractivity contribution in [2.24, 2.45) is 5.92 Å². The van der Waals surface area contributed by atoms with Gasteiger partial charge in [-0.1, -0.05) is 12.8 Å². The van der Waals surface area contributed by atoms with Crippen LogP contribution in [-0.2, 0) is 9.53 Å². The third kappa shape index (κ3) is 3.67. The summed E-state index contributed by atoms with van der Waals surface area (Å²) in [5.41, 5.74) is -0.179. The second-order valence-corrected chi connectivity index (χ2v) is 5.76. The molecule has 1 saturated carbocycles. The minimum Gasteiger partial charge on any atom is -0.393 e. The topological polar surface area (TPSA) is 70.6 Å². The van der Waals surface area contributed by atoms with Crippen molar-refractivity contribution in [3.63, 3.8) is 0 Å². The van der Waals surface area contributed by atoms with Crippen LogP contribution in [0.1, 0.15) is 32.6 Å². The van der Waals surface area contributed by atoms with E-state index in [0.29, 0.717) is 6.54 Å². The Hall–Kier alpha value is -0.650. The number of carbonyl (C=O) groups excluding carboxylic acids is 1. The molecule has 5 heteroatoms. The number of hydrogen-bond donors (Lipinski definition) is 3. The van der Waals surface area contributed by atoms with Crippen LogP contribution in [0.4, 0.5) is 0 Å². The van der Waals surface area contributed by atoms with E-state index in [1.54, 1.807) is 0 Å². The number of carbonyl (C=O) groups is 1. The third-order valence-electron chi connectivity index (χ3n) is 3.98. The van der Waals surface area contributed by atoms with Crippen molar-refractivity contribution >= 4 is 5.91 Å². The van der Waals surface area contributed by atoms with Crippen LogP contribution in [0.25, 0.3) is 0 Å². The van der Waals surface area contributed by atoms with Crippen LogP contribution < -0.4 is 10.6 Å². The van der Waals surface area contributed by atoms with Gasteiger partial charge in [-0.2, -0.15) is 0 Å². The summed E-state index contributed by atoms with van der Waals surface area (Å²) in [6.45, 7) is 4.30. The molecule has 0 spiro atoms. The molecule has 2 rings (SSSR count). The van der Waals surface area contributed by atoms with E-state index in [2.05, 4.69) is 10.6 Å². The fourth-order valence-corrected chi connectivity index (χ4v) is 2.54. The van der Waals surface area contributed by atoms with Gasteiger partial charge in [-0.25, -0.2) is 0 Å². The van der Waals surface area contributed by atoms with Crippen molar-refractivity contribution in [2.75, 3.05) is 26.2 Å². The van der Waals surface area contributed by atoms with Gasteiger partial charge >= 0.3 is 0 Å². The number of ether oxygens (including phenoxy) is 1. The minimum atomic E-state index is -0.256. The highest BCUT2D eigenvalue weighted by Gasteiger charge is 2.33. The highest BCUT2D eigenvalue weighted by Crippen LogP contribution is 2.23. The molecule has 1 aliphatic heterocycles. The number of amides is 1. The van der Waals surface area contributed by atoms with Gasteiger partial charge in [-0.15, -0.1) is 0 Å². The van der Waals surface area contributed by atoms with E-state index in [0.717, 1.165) is 38.8 Å². The smallest absolute Gasteiger partial charge is 0.246 e. The third-order valence-corrected chi connectivity index (χ3v) is 3.98. The van der Waals surface area contributed by atoms with Crippen LogP contribution >= 0.6 is 0 Å². The Kier molecular flexibility index (Phi) is 4.59. The van der Waals surface area contributed by atoms with E-state index in [4.69, 9.17) is 4.74 Å². The van der Waals surface area contributed by atoms with Gasteiger partial charge in [0.25, 0.3) is 0 Å². The first-order valence-corrected chi connectivity index (χ1v) is 6.88. The predicted octanol–water partition coefficient (Wildman–Crippen LogP) is 0.0322. The largest absolute Gasteiger partial charge is 0.393 e. The Balaban J connectivity index is 1.62. The molecule has 2 aliphatic rings. The summed E-state index contributed by atoms with van der Waals surface area (Å²) in [5.74, 6) is 0.129. The summed E-state index contributed by atoms with van der Waals surface area (Å²) < 4.78 is 5.56. The van der Waals surface area contributed by atoms with Gasteiger partial charge in [-0.3, -0.25) is 4.79 Å². The zero-order valence-corrected chi connectivity index (χ0v) is 11.1. The average Bonchev–Trinajstić information content (AvgIpc) is 2.33. The SMILES string of the molecule is CC1(OCC(=O)NCC2CCCCC2O)CNC1. The van der Waals surface area contributed by atoms with Crippen LogP contribution in [0.5, 0.6) is 0 Å². The molecule has 0 aromatic carbocycles. The number of rotatable bonds is 5. The molecule has 0 bridgehead atoms. The van der Waals surface area contributed by atoms with Crippen molar-refractivity contribution in [2.45, 2.75) is 44.3 Å². The van der Waals surface area contributed by atoms with Gasteiger partial charge < -0.3 is 20.5 Å². The Morgan fingerprint density at radius 3 is 2.78 bits per heavy atom. The van der Waals surface area contributed by atoms with E-state index in [9.17, 15) is 9.90 Å². The molecule has 0 radical (unpaired) electrons. The normalized spacial score (nSPS) is 30.6. The molecule has 1 amide bonds. The number of hydrogen-bond acceptors (Lipinski definition) is 4. The van der Waals surface area contributed by atoms with E-state index in [1.807, 2.05) is 6.92 Å². The van der Waals surface area contributed by atoms with Gasteiger partial charge in [0, 0.05) is 25.6 Å². The first kappa shape index (κ1) is 13.8. The lowest BCUT2D eigenvalue weighted by Gasteiger charge is -2.38. The molecule has 1 aliphatic carbocycles. The average molecular weight is 256 g/mol. The molecule has 18 heavy (non-hydrogen) atoms. The number of nitrogens with one attached hydrogen (secondary N) is 2. The standard InChI is InChI=1S/C13H24N2O3/c1-13(8-14-9-13)18-7-12(17)15-6-10-4-2-3-5-11(10)16/h10-11,14,16H,2-9H2,1H3,(H,15,17). The molecule has 0 aromatic heterocycles. The molecule has 2 fully saturated rings. The quantitative estimate of drug-likeness (QED) is 0.649. The van der Waals surface area contributed by atoms with Crippen molar-refractivity contribution in [3.8, 4) is 0 Å². The lowest BCUT2D eigenvalue weighted by molar-refractivity contribution is -0.136. The van der Waals surface area contributed by atoms with Crippen molar-refractivity contribution in [3.05, 3.63) is 0 Å². The second-order valence-electron chi connectivity index (χ2n) is 5.76. The van der Waals surface area contributed by atoms with Crippen molar-refractivity contribution < 1.29 is 14.6 Å². The second kappa shape index (κ2) is 5.99. The minimum absolute atomic E-state index is 0.0825. The van der Waals surface area contributed by atoms with Crippen molar-refractivity contribution in [1.29, 1.82) is 0 Å². The monoisotopic (exact) mass is 256 g/mol. The lowest BCUT2D eigenvalue weighted by Crippen LogP contribution is -2.59. The number of aliphatic hydroxyl groups excluding tert-OH is 1. The van der Waals surface area contributed by atoms with Crippen LogP contribution in [0.2, 0.25) is 0 Å². The highest BCUT2D eigenvalue weighted by molar-refractivity contribution is 5.77. The van der Waals surface area contributed by atoms with Crippen LogP contribution in [0.15, 0.2) is 0 Å². The fraction of sp³-hybridized carbons (Fsp3) is 0.923. The molecule has 5 nitrogen and oxygen atoms in total. The van der Waals surface area contributed by atoms with Crippen LogP contribution in [-0.4, -0.2) is 49.0 Å². The Bertz CT molecular complexity index is 292. The zero-order chi connectivity index (χ0) is 13.0. The van der Waals surface area contributed by atoms with E-state index < -0.39 is 0 Å². The summed E-state index contributed by atoms with van der Waals surface area (Å²) in [6.07, 6.45) is 3.86. The summed E-state index contributed by atoms with van der Waals surface area (Å²) in [5, 5.41) is 15.8. The van der Waals surface area contributed by atoms with Crippen LogP contribution in [0.3, 0.4) is 0 Å². The molecule has 104 valence electrons. The number of aliphatic hydroxyl groups is 1. The molecular formula is C13H24N2O3. The Labute approximate surface area is 108 Å². The first-order valence-electron chi connectivity index (χ1n) is 6.88. The predicted molar refractivity (Wildman–Crippen MR) is 68.2 cm³/mol. The van der Waals surface area contributed by atoms with E-state index in [-0.39, 0.29) is 30.1 Å². The molecule has 2 atom stereocenters. The van der Waals surface area contributed by atoms with Crippen LogP contribution in [0, 0.1) is 5.92 Å². The molecular weight excluding hydrogens is 232 g/mol. The summed E-state index contributed by atoms with van der Waals surface area (Å²) in [6, 6.07) is 0. The maximum absolute atomic E-state index is 11.6. The van der Waals surface area contributed by atoms with Gasteiger partial charge in [0.1, 0.15) is 6.61 Å². The zero-order valence-electron chi connectivity index (χ0n) is 11.1. The highest BCUT2D eigenvalue weighted by atomic mass is 16.5. The van der Waals surface area contributed by atoms with E-state index >= 15 is 0 Å². The molecule has 2 unspecified atom stereocenters. The molecule has 3 N–H and O–H groups in total. The summed E-state index contributed by atoms with van der Waals surface area (Å²) in [4.78, 5) is 11.6. The van der Waals surface area contributed by atoms with E-state index in [1.165, 1.54) is 0 Å². The Morgan fingerprint density at radius 2 is 2.17 bits per heavy atom. The summed E-state index contributed by atoms with van der Waals surface area (Å²) >= 11 is 0. The van der Waals surface area contributed by atoms with Gasteiger partial charge in [0.2, 0.25) is 5.91 Å². The summed E-state index contributed by atoms with van der Waals surface area (Å²) in [7, 11) is 0. The van der Waals surface area contributed by atoms with Gasteiger partial charge in [0.05, 0.1) is 11.7 Å². The molecule has 1 heterocycles. The maximum atomic E-state index is 11.6. The lowest BCUT2D eigenvalue weighted by atomic mass is 9.86. The van der Waals surface area contributed by atoms with Gasteiger partial charge in [0.15, 0.2) is 0 Å². The first-order chi connectivity index (χ1) is 8.59.